The van der Waals surface area contributed by atoms with E-state index < -0.39 is 0 Å². The van der Waals surface area contributed by atoms with Gasteiger partial charge in [-0.3, -0.25) is 9.89 Å². The molecule has 0 bridgehead atoms. The summed E-state index contributed by atoms with van der Waals surface area (Å²) in [4.78, 5) is 18.1. The fourth-order valence-corrected chi connectivity index (χ4v) is 0.766. The summed E-state index contributed by atoms with van der Waals surface area (Å²) in [5.74, 6) is 0. The molecule has 0 atom stereocenters. The number of rotatable bonds is 4. The summed E-state index contributed by atoms with van der Waals surface area (Å²) in [6.45, 7) is 5.29. The zero-order valence-electron chi connectivity index (χ0n) is 9.00. The second-order valence-electron chi connectivity index (χ2n) is 2.53. The molecule has 0 aromatic heterocycles. The second kappa shape index (κ2) is 7.37. The van der Waals surface area contributed by atoms with Crippen molar-refractivity contribution in [2.45, 2.75) is 6.92 Å². The molecule has 15 heavy (non-hydrogen) atoms. The third-order valence-electron chi connectivity index (χ3n) is 1.49. The minimum absolute atomic E-state index is 0.269. The molecule has 0 radical (unpaired) electrons. The van der Waals surface area contributed by atoms with Crippen molar-refractivity contribution in [2.24, 2.45) is 10.7 Å². The van der Waals surface area contributed by atoms with Crippen LogP contribution in [0.3, 0.4) is 0 Å². The minimum atomic E-state index is -0.269. The fraction of sp³-hybridized carbons (Fsp3) is 0.200. The van der Waals surface area contributed by atoms with Gasteiger partial charge in [-0.1, -0.05) is 6.58 Å². The lowest BCUT2D eigenvalue weighted by Crippen LogP contribution is -2.31. The Balaban J connectivity index is 4.47. The van der Waals surface area contributed by atoms with Gasteiger partial charge in [0.05, 0.1) is 0 Å². The maximum atomic E-state index is 11.6. The van der Waals surface area contributed by atoms with E-state index in [1.165, 1.54) is 34.6 Å². The molecule has 0 aliphatic rings. The Labute approximate surface area is 89.9 Å². The number of amides is 2. The van der Waals surface area contributed by atoms with Gasteiger partial charge >= 0.3 is 6.03 Å². The average molecular weight is 208 g/mol. The van der Waals surface area contributed by atoms with Crippen molar-refractivity contribution in [1.82, 2.24) is 9.80 Å². The third-order valence-corrected chi connectivity index (χ3v) is 1.49. The first-order valence-electron chi connectivity index (χ1n) is 4.38. The number of nitrogens with zero attached hydrogens (tertiary/aromatic N) is 3. The molecule has 0 aromatic rings. The van der Waals surface area contributed by atoms with Crippen molar-refractivity contribution in [1.29, 1.82) is 0 Å². The van der Waals surface area contributed by atoms with Crippen molar-refractivity contribution in [3.8, 4) is 0 Å². The largest absolute Gasteiger partial charge is 0.403 e. The molecule has 0 fully saturated rings. The molecule has 0 rings (SSSR count). The quantitative estimate of drug-likeness (QED) is 0.711. The van der Waals surface area contributed by atoms with Crippen LogP contribution in [-0.4, -0.2) is 29.1 Å². The second-order valence-corrected chi connectivity index (χ2v) is 2.53. The zero-order chi connectivity index (χ0) is 11.7. The van der Waals surface area contributed by atoms with Crippen LogP contribution in [0, 0.1) is 0 Å². The summed E-state index contributed by atoms with van der Waals surface area (Å²) in [6.07, 6.45) is 8.75. The van der Waals surface area contributed by atoms with Gasteiger partial charge in [0.15, 0.2) is 0 Å². The Bertz CT molecular complexity index is 294. The molecule has 0 heterocycles. The van der Waals surface area contributed by atoms with E-state index in [-0.39, 0.29) is 6.03 Å². The van der Waals surface area contributed by atoms with Gasteiger partial charge in [0.25, 0.3) is 0 Å². The van der Waals surface area contributed by atoms with Gasteiger partial charge in [-0.25, -0.2) is 4.79 Å². The lowest BCUT2D eigenvalue weighted by molar-refractivity contribution is 0.205. The van der Waals surface area contributed by atoms with Crippen LogP contribution >= 0.6 is 0 Å². The molecular formula is C10H16N4O. The summed E-state index contributed by atoms with van der Waals surface area (Å²) in [7, 11) is 1.62. The first kappa shape index (κ1) is 13.0. The normalized spacial score (nSPS) is 11.3. The van der Waals surface area contributed by atoms with Gasteiger partial charge in [-0.15, -0.1) is 0 Å². The van der Waals surface area contributed by atoms with Crippen molar-refractivity contribution in [3.05, 3.63) is 37.6 Å². The Morgan fingerprint density at radius 2 is 2.13 bits per heavy atom. The first-order valence-corrected chi connectivity index (χ1v) is 4.38. The van der Waals surface area contributed by atoms with E-state index >= 15 is 0 Å². The molecule has 5 nitrogen and oxygen atoms in total. The van der Waals surface area contributed by atoms with Gasteiger partial charge in [-0.2, -0.15) is 0 Å². The molecule has 0 aliphatic heterocycles. The molecule has 82 valence electrons. The SMILES string of the molecule is C=CN(/C=C\N)C(=O)N(C)/C=C\N=C/C. The zero-order valence-corrected chi connectivity index (χ0v) is 9.00. The molecule has 2 amide bonds. The molecule has 0 unspecified atom stereocenters. The number of hydrogen-bond donors (Lipinski definition) is 1. The number of urea groups is 1. The lowest BCUT2D eigenvalue weighted by atomic mass is 10.6. The van der Waals surface area contributed by atoms with Crippen LogP contribution in [0.25, 0.3) is 0 Å². The van der Waals surface area contributed by atoms with Crippen LogP contribution in [0.1, 0.15) is 6.92 Å². The molecule has 0 saturated heterocycles. The monoisotopic (exact) mass is 208 g/mol. The highest BCUT2D eigenvalue weighted by atomic mass is 16.2. The van der Waals surface area contributed by atoms with E-state index in [0.29, 0.717) is 0 Å². The summed E-state index contributed by atoms with van der Waals surface area (Å²) >= 11 is 0. The number of nitrogens with two attached hydrogens (primary N) is 1. The maximum Gasteiger partial charge on any atom is 0.331 e. The number of aliphatic imine (C=N–C) groups is 1. The van der Waals surface area contributed by atoms with E-state index in [4.69, 9.17) is 5.73 Å². The Morgan fingerprint density at radius 3 is 2.60 bits per heavy atom. The standard InChI is InChI=1S/C10H16N4O/c1-4-12-7-9-13(3)10(15)14(5-2)8-6-11/h4-9H,2,11H2,1,3H3/b8-6-,9-7-,12-4-. The van der Waals surface area contributed by atoms with Crippen molar-refractivity contribution < 1.29 is 4.79 Å². The summed E-state index contributed by atoms with van der Waals surface area (Å²) in [5, 5.41) is 0. The third kappa shape index (κ3) is 4.66. The highest BCUT2D eigenvalue weighted by Gasteiger charge is 2.10. The fourth-order valence-electron chi connectivity index (χ4n) is 0.766. The van der Waals surface area contributed by atoms with Crippen LogP contribution < -0.4 is 5.73 Å². The maximum absolute atomic E-state index is 11.6. The smallest absolute Gasteiger partial charge is 0.331 e. The van der Waals surface area contributed by atoms with Crippen LogP contribution in [0.4, 0.5) is 4.79 Å². The molecule has 2 N–H and O–H groups in total. The molecule has 0 aromatic carbocycles. The highest BCUT2D eigenvalue weighted by molar-refractivity contribution is 5.77. The first-order chi connectivity index (χ1) is 7.17. The van der Waals surface area contributed by atoms with Gasteiger partial charge < -0.3 is 10.6 Å². The van der Waals surface area contributed by atoms with E-state index in [2.05, 4.69) is 11.6 Å². The van der Waals surface area contributed by atoms with E-state index in [0.717, 1.165) is 0 Å². The van der Waals surface area contributed by atoms with E-state index in [9.17, 15) is 4.79 Å². The number of carbonyl (C=O) groups is 1. The van der Waals surface area contributed by atoms with Gasteiger partial charge in [-0.05, 0) is 6.92 Å². The molecule has 0 spiro atoms. The number of carbonyl (C=O) groups excluding carboxylic acids is 1. The average Bonchev–Trinajstić information content (AvgIpc) is 2.25. The van der Waals surface area contributed by atoms with Crippen molar-refractivity contribution in [3.63, 3.8) is 0 Å². The van der Waals surface area contributed by atoms with Crippen LogP contribution in [-0.2, 0) is 0 Å². The lowest BCUT2D eigenvalue weighted by Gasteiger charge is -2.18. The Kier molecular flexibility index (Phi) is 6.37. The topological polar surface area (TPSA) is 61.9 Å². The van der Waals surface area contributed by atoms with Crippen molar-refractivity contribution >= 4 is 12.2 Å². The van der Waals surface area contributed by atoms with Crippen LogP contribution in [0.15, 0.2) is 42.6 Å². The number of hydrogen-bond acceptors (Lipinski definition) is 3. The summed E-state index contributed by atoms with van der Waals surface area (Å²) in [6, 6.07) is -0.269. The predicted octanol–water partition coefficient (Wildman–Crippen LogP) is 1.48. The molecular weight excluding hydrogens is 192 g/mol. The van der Waals surface area contributed by atoms with Crippen LogP contribution in [0.5, 0.6) is 0 Å². The Hall–Kier alpha value is -2.04. The summed E-state index contributed by atoms with van der Waals surface area (Å²) in [5.41, 5.74) is 5.18. The van der Waals surface area contributed by atoms with E-state index in [1.54, 1.807) is 26.4 Å². The highest BCUT2D eigenvalue weighted by Crippen LogP contribution is 1.98. The minimum Gasteiger partial charge on any atom is -0.403 e. The van der Waals surface area contributed by atoms with Gasteiger partial charge in [0.1, 0.15) is 0 Å². The molecule has 0 aliphatic carbocycles. The van der Waals surface area contributed by atoms with Gasteiger partial charge in [0, 0.05) is 44.3 Å². The molecule has 0 saturated carbocycles. The Morgan fingerprint density at radius 1 is 1.47 bits per heavy atom. The van der Waals surface area contributed by atoms with Crippen molar-refractivity contribution in [2.75, 3.05) is 7.05 Å². The van der Waals surface area contributed by atoms with E-state index in [1.807, 2.05) is 0 Å². The van der Waals surface area contributed by atoms with Crippen LogP contribution in [0.2, 0.25) is 0 Å². The predicted molar refractivity (Wildman–Crippen MR) is 61.8 cm³/mol. The summed E-state index contributed by atoms with van der Waals surface area (Å²) < 4.78 is 0. The van der Waals surface area contributed by atoms with Gasteiger partial charge in [0.2, 0.25) is 0 Å². The molecule has 5 heteroatoms.